The zero-order valence-electron chi connectivity index (χ0n) is 10.9. The van der Waals surface area contributed by atoms with Crippen LogP contribution < -0.4 is 5.73 Å². The number of hydrogen-bond donors (Lipinski definition) is 1. The second-order valence-electron chi connectivity index (χ2n) is 4.56. The lowest BCUT2D eigenvalue weighted by atomic mass is 10.1. The van der Waals surface area contributed by atoms with Gasteiger partial charge in [-0.3, -0.25) is 0 Å². The summed E-state index contributed by atoms with van der Waals surface area (Å²) in [6, 6.07) is 11.6. The molecule has 0 unspecified atom stereocenters. The van der Waals surface area contributed by atoms with Crippen LogP contribution in [-0.2, 0) is 6.42 Å². The monoisotopic (exact) mass is 347 g/mol. The van der Waals surface area contributed by atoms with Gasteiger partial charge >= 0.3 is 0 Å². The Morgan fingerprint density at radius 1 is 1.14 bits per heavy atom. The number of aromatic nitrogens is 2. The molecule has 0 atom stereocenters. The minimum atomic E-state index is -0.267. The van der Waals surface area contributed by atoms with E-state index in [0.29, 0.717) is 23.8 Å². The van der Waals surface area contributed by atoms with Gasteiger partial charge in [0, 0.05) is 16.6 Å². The summed E-state index contributed by atoms with van der Waals surface area (Å²) < 4.78 is 19.0. The van der Waals surface area contributed by atoms with Gasteiger partial charge in [-0.1, -0.05) is 17.3 Å². The van der Waals surface area contributed by atoms with Gasteiger partial charge < -0.3 is 10.3 Å². The van der Waals surface area contributed by atoms with Crippen molar-refractivity contribution in [2.45, 2.75) is 6.42 Å². The number of benzene rings is 2. The zero-order chi connectivity index (χ0) is 14.8. The van der Waals surface area contributed by atoms with Gasteiger partial charge in [0.2, 0.25) is 0 Å². The summed E-state index contributed by atoms with van der Waals surface area (Å²) in [5, 5.41) is 3.94. The molecule has 21 heavy (non-hydrogen) atoms. The molecule has 0 saturated carbocycles. The van der Waals surface area contributed by atoms with E-state index in [2.05, 4.69) is 26.1 Å². The molecule has 1 heterocycles. The summed E-state index contributed by atoms with van der Waals surface area (Å²) in [4.78, 5) is 4.34. The fourth-order valence-electron chi connectivity index (χ4n) is 1.93. The fraction of sp³-hybridized carbons (Fsp3) is 0.0667. The average molecular weight is 348 g/mol. The van der Waals surface area contributed by atoms with Crippen molar-refractivity contribution < 1.29 is 8.91 Å². The summed E-state index contributed by atoms with van der Waals surface area (Å²) in [5.74, 6) is 0.661. The van der Waals surface area contributed by atoms with Crippen molar-refractivity contribution in [3.05, 3.63) is 64.1 Å². The molecule has 1 aromatic heterocycles. The minimum absolute atomic E-state index is 0.267. The Morgan fingerprint density at radius 2 is 1.90 bits per heavy atom. The predicted octanol–water partition coefficient (Wildman–Crippen LogP) is 3.81. The normalized spacial score (nSPS) is 10.8. The highest BCUT2D eigenvalue weighted by atomic mass is 79.9. The largest absolute Gasteiger partial charge is 0.399 e. The molecule has 3 aromatic rings. The SMILES string of the molecule is Nc1ccc(Br)c(-c2nc(Cc3ccc(F)cc3)no2)c1. The van der Waals surface area contributed by atoms with Crippen molar-refractivity contribution in [1.82, 2.24) is 10.1 Å². The van der Waals surface area contributed by atoms with Crippen LogP contribution in [0.5, 0.6) is 0 Å². The average Bonchev–Trinajstić information content (AvgIpc) is 2.92. The van der Waals surface area contributed by atoms with Gasteiger partial charge in [0.25, 0.3) is 5.89 Å². The number of rotatable bonds is 3. The zero-order valence-corrected chi connectivity index (χ0v) is 12.5. The molecule has 0 aliphatic carbocycles. The van der Waals surface area contributed by atoms with Crippen molar-refractivity contribution >= 4 is 21.6 Å². The second-order valence-corrected chi connectivity index (χ2v) is 5.41. The van der Waals surface area contributed by atoms with Crippen molar-refractivity contribution in [3.8, 4) is 11.5 Å². The molecule has 0 spiro atoms. The van der Waals surface area contributed by atoms with E-state index in [-0.39, 0.29) is 5.82 Å². The van der Waals surface area contributed by atoms with Crippen LogP contribution in [0.2, 0.25) is 0 Å². The number of hydrogen-bond acceptors (Lipinski definition) is 4. The van der Waals surface area contributed by atoms with Crippen LogP contribution in [0.1, 0.15) is 11.4 Å². The third kappa shape index (κ3) is 3.11. The van der Waals surface area contributed by atoms with Crippen LogP contribution in [-0.4, -0.2) is 10.1 Å². The highest BCUT2D eigenvalue weighted by molar-refractivity contribution is 9.10. The molecule has 0 aliphatic heterocycles. The Bertz CT molecular complexity index is 771. The standard InChI is InChI=1S/C15H11BrFN3O/c16-13-6-5-11(18)8-12(13)15-19-14(20-21-15)7-9-1-3-10(17)4-2-9/h1-6,8H,7,18H2. The highest BCUT2D eigenvalue weighted by Gasteiger charge is 2.12. The molecule has 4 nitrogen and oxygen atoms in total. The summed E-state index contributed by atoms with van der Waals surface area (Å²) >= 11 is 3.43. The maximum atomic E-state index is 12.9. The van der Waals surface area contributed by atoms with E-state index in [9.17, 15) is 4.39 Å². The third-order valence-corrected chi connectivity index (χ3v) is 3.66. The summed E-state index contributed by atoms with van der Waals surface area (Å²) in [7, 11) is 0. The van der Waals surface area contributed by atoms with E-state index in [0.717, 1.165) is 15.6 Å². The molecule has 0 radical (unpaired) electrons. The van der Waals surface area contributed by atoms with Crippen LogP contribution in [0.25, 0.3) is 11.5 Å². The summed E-state index contributed by atoms with van der Waals surface area (Å²) in [6.45, 7) is 0. The Hall–Kier alpha value is -2.21. The Morgan fingerprint density at radius 3 is 2.67 bits per heavy atom. The molecule has 0 amide bonds. The lowest BCUT2D eigenvalue weighted by molar-refractivity contribution is 0.423. The van der Waals surface area contributed by atoms with E-state index < -0.39 is 0 Å². The second kappa shape index (κ2) is 5.65. The van der Waals surface area contributed by atoms with Crippen LogP contribution in [0, 0.1) is 5.82 Å². The topological polar surface area (TPSA) is 64.9 Å². The summed E-state index contributed by atoms with van der Waals surface area (Å²) in [5.41, 5.74) is 8.04. The number of nitrogens with zero attached hydrogens (tertiary/aromatic N) is 2. The molecule has 0 fully saturated rings. The Labute approximate surface area is 128 Å². The first kappa shape index (κ1) is 13.8. The van der Waals surface area contributed by atoms with E-state index in [1.54, 1.807) is 24.3 Å². The maximum absolute atomic E-state index is 12.9. The van der Waals surface area contributed by atoms with Gasteiger partial charge in [-0.05, 0) is 51.8 Å². The molecule has 106 valence electrons. The van der Waals surface area contributed by atoms with Crippen molar-refractivity contribution in [1.29, 1.82) is 0 Å². The molecule has 3 rings (SSSR count). The number of nitrogen functional groups attached to an aromatic ring is 1. The Balaban J connectivity index is 1.86. The van der Waals surface area contributed by atoms with E-state index in [1.165, 1.54) is 12.1 Å². The Kier molecular flexibility index (Phi) is 3.70. The summed E-state index contributed by atoms with van der Waals surface area (Å²) in [6.07, 6.45) is 0.476. The first-order chi connectivity index (χ1) is 10.1. The molecule has 2 N–H and O–H groups in total. The molecule has 0 saturated heterocycles. The first-order valence-corrected chi connectivity index (χ1v) is 7.03. The van der Waals surface area contributed by atoms with Crippen LogP contribution >= 0.6 is 15.9 Å². The first-order valence-electron chi connectivity index (χ1n) is 6.24. The van der Waals surface area contributed by atoms with Crippen molar-refractivity contribution in [2.24, 2.45) is 0 Å². The van der Waals surface area contributed by atoms with Crippen LogP contribution in [0.4, 0.5) is 10.1 Å². The van der Waals surface area contributed by atoms with E-state index in [4.69, 9.17) is 10.3 Å². The molecular formula is C15H11BrFN3O. The van der Waals surface area contributed by atoms with E-state index >= 15 is 0 Å². The fourth-order valence-corrected chi connectivity index (χ4v) is 2.34. The quantitative estimate of drug-likeness (QED) is 0.731. The van der Waals surface area contributed by atoms with Crippen LogP contribution in [0.15, 0.2) is 51.5 Å². The number of anilines is 1. The number of halogens is 2. The van der Waals surface area contributed by atoms with Crippen molar-refractivity contribution in [3.63, 3.8) is 0 Å². The maximum Gasteiger partial charge on any atom is 0.259 e. The minimum Gasteiger partial charge on any atom is -0.399 e. The van der Waals surface area contributed by atoms with Crippen molar-refractivity contribution in [2.75, 3.05) is 5.73 Å². The smallest absolute Gasteiger partial charge is 0.259 e. The molecule has 6 heteroatoms. The van der Waals surface area contributed by atoms with Gasteiger partial charge in [-0.2, -0.15) is 4.98 Å². The molecule has 2 aromatic carbocycles. The van der Waals surface area contributed by atoms with E-state index in [1.807, 2.05) is 6.07 Å². The van der Waals surface area contributed by atoms with Gasteiger partial charge in [-0.25, -0.2) is 4.39 Å². The molecule has 0 aliphatic rings. The van der Waals surface area contributed by atoms with Gasteiger partial charge in [0.05, 0.1) is 5.56 Å². The molecular weight excluding hydrogens is 337 g/mol. The van der Waals surface area contributed by atoms with Gasteiger partial charge in [0.15, 0.2) is 5.82 Å². The lowest BCUT2D eigenvalue weighted by Crippen LogP contribution is -1.91. The highest BCUT2D eigenvalue weighted by Crippen LogP contribution is 2.29. The molecule has 0 bridgehead atoms. The predicted molar refractivity (Wildman–Crippen MR) is 81.1 cm³/mol. The third-order valence-electron chi connectivity index (χ3n) is 2.96. The van der Waals surface area contributed by atoms with Gasteiger partial charge in [0.1, 0.15) is 5.82 Å². The van der Waals surface area contributed by atoms with Crippen LogP contribution in [0.3, 0.4) is 0 Å². The van der Waals surface area contributed by atoms with Gasteiger partial charge in [-0.15, -0.1) is 0 Å². The number of nitrogens with two attached hydrogens (primary N) is 1. The lowest BCUT2D eigenvalue weighted by Gasteiger charge is -2.00.